The van der Waals surface area contributed by atoms with Gasteiger partial charge >= 0.3 is 0 Å². The second-order valence-electron chi connectivity index (χ2n) is 4.15. The van der Waals surface area contributed by atoms with Crippen molar-refractivity contribution in [3.63, 3.8) is 0 Å². The van der Waals surface area contributed by atoms with Crippen LogP contribution in [-0.4, -0.2) is 10.2 Å². The molecule has 0 N–H and O–H groups in total. The first-order valence-electron chi connectivity index (χ1n) is 5.22. The van der Waals surface area contributed by atoms with Crippen molar-refractivity contribution in [1.82, 2.24) is 4.40 Å². The minimum Gasteiger partial charge on any atom is -0.314 e. The Bertz CT molecular complexity index is 508. The lowest BCUT2D eigenvalue weighted by Gasteiger charge is -2.05. The second kappa shape index (κ2) is 3.54. The van der Waals surface area contributed by atoms with Crippen LogP contribution in [0.15, 0.2) is 30.5 Å². The number of pyridine rings is 1. The summed E-state index contributed by atoms with van der Waals surface area (Å²) in [5, 5.41) is 0. The molecule has 0 atom stereocenters. The molecule has 0 aliphatic heterocycles. The van der Waals surface area contributed by atoms with Crippen molar-refractivity contribution in [2.45, 2.75) is 26.7 Å². The molecule has 0 amide bonds. The molecule has 2 heteroatoms. The Hall–Kier alpha value is -1.57. The van der Waals surface area contributed by atoms with Crippen molar-refractivity contribution in [2.75, 3.05) is 0 Å². The Morgan fingerprint density at radius 2 is 2.07 bits per heavy atom. The van der Waals surface area contributed by atoms with Gasteiger partial charge in [0, 0.05) is 18.6 Å². The smallest absolute Gasteiger partial charge is 0.176 e. The Morgan fingerprint density at radius 1 is 1.33 bits per heavy atom. The molecule has 2 aromatic heterocycles. The summed E-state index contributed by atoms with van der Waals surface area (Å²) in [5.74, 6) is 0.508. The fraction of sp³-hybridized carbons (Fsp3) is 0.308. The van der Waals surface area contributed by atoms with E-state index in [9.17, 15) is 4.79 Å². The number of ketones is 1. The van der Waals surface area contributed by atoms with E-state index in [1.54, 1.807) is 6.92 Å². The first-order chi connectivity index (χ1) is 7.11. The van der Waals surface area contributed by atoms with E-state index in [0.717, 1.165) is 16.8 Å². The fourth-order valence-electron chi connectivity index (χ4n) is 1.96. The number of hydrogen-bond acceptors (Lipinski definition) is 1. The highest BCUT2D eigenvalue weighted by Gasteiger charge is 2.15. The normalized spacial score (nSPS) is 11.2. The lowest BCUT2D eigenvalue weighted by atomic mass is 10.0. The molecule has 0 saturated heterocycles. The number of hydrogen-bond donors (Lipinski definition) is 0. The van der Waals surface area contributed by atoms with Gasteiger partial charge in [-0.1, -0.05) is 19.9 Å². The monoisotopic (exact) mass is 201 g/mol. The molecule has 0 aromatic carbocycles. The Labute approximate surface area is 89.5 Å². The fourth-order valence-corrected chi connectivity index (χ4v) is 1.96. The molecule has 2 nitrogen and oxygen atoms in total. The maximum absolute atomic E-state index is 11.6. The number of rotatable bonds is 2. The molecule has 0 spiro atoms. The lowest BCUT2D eigenvalue weighted by Crippen LogP contribution is -2.03. The van der Waals surface area contributed by atoms with Gasteiger partial charge in [-0.05, 0) is 29.7 Å². The van der Waals surface area contributed by atoms with E-state index in [2.05, 4.69) is 19.9 Å². The van der Waals surface area contributed by atoms with E-state index in [1.165, 1.54) is 0 Å². The molecule has 0 radical (unpaired) electrons. The van der Waals surface area contributed by atoms with Gasteiger partial charge in [0.1, 0.15) is 0 Å². The van der Waals surface area contributed by atoms with Crippen LogP contribution in [0.3, 0.4) is 0 Å². The van der Waals surface area contributed by atoms with Gasteiger partial charge in [-0.3, -0.25) is 4.79 Å². The summed E-state index contributed by atoms with van der Waals surface area (Å²) in [5.41, 5.74) is 3.04. The summed E-state index contributed by atoms with van der Waals surface area (Å²) < 4.78 is 1.97. The SMILES string of the molecule is CC(=O)c1c(C(C)C)cc2ccccn12. The molecule has 78 valence electrons. The maximum Gasteiger partial charge on any atom is 0.176 e. The first kappa shape index (κ1) is 9.97. The molecule has 0 unspecified atom stereocenters. The minimum absolute atomic E-state index is 0.130. The highest BCUT2D eigenvalue weighted by molar-refractivity contribution is 5.95. The van der Waals surface area contributed by atoms with Crippen LogP contribution in [0.4, 0.5) is 0 Å². The number of carbonyl (C=O) groups is 1. The van der Waals surface area contributed by atoms with E-state index < -0.39 is 0 Å². The average molecular weight is 201 g/mol. The highest BCUT2D eigenvalue weighted by atomic mass is 16.1. The van der Waals surface area contributed by atoms with Crippen molar-refractivity contribution >= 4 is 11.3 Å². The minimum atomic E-state index is 0.130. The van der Waals surface area contributed by atoms with E-state index in [1.807, 2.05) is 28.8 Å². The zero-order valence-corrected chi connectivity index (χ0v) is 9.32. The van der Waals surface area contributed by atoms with Crippen molar-refractivity contribution in [1.29, 1.82) is 0 Å². The van der Waals surface area contributed by atoms with Crippen molar-refractivity contribution in [2.24, 2.45) is 0 Å². The number of carbonyl (C=O) groups excluding carboxylic acids is 1. The summed E-state index contributed by atoms with van der Waals surface area (Å²) in [6.07, 6.45) is 1.94. The number of aromatic nitrogens is 1. The summed E-state index contributed by atoms with van der Waals surface area (Å²) in [6, 6.07) is 8.06. The number of fused-ring (bicyclic) bond motifs is 1. The summed E-state index contributed by atoms with van der Waals surface area (Å²) in [4.78, 5) is 11.6. The van der Waals surface area contributed by atoms with Gasteiger partial charge < -0.3 is 4.40 Å². The molecule has 0 aliphatic rings. The van der Waals surface area contributed by atoms with Gasteiger partial charge in [0.05, 0.1) is 5.69 Å². The molecule has 2 rings (SSSR count). The zero-order chi connectivity index (χ0) is 11.0. The van der Waals surface area contributed by atoms with Gasteiger partial charge in [0.15, 0.2) is 5.78 Å². The molecule has 15 heavy (non-hydrogen) atoms. The number of Topliss-reactive ketones (excluding diaryl/α,β-unsaturated/α-hetero) is 1. The molecule has 2 heterocycles. The molecule has 0 fully saturated rings. The third-order valence-electron chi connectivity index (χ3n) is 2.66. The summed E-state index contributed by atoms with van der Waals surface area (Å²) in [7, 11) is 0. The van der Waals surface area contributed by atoms with Crippen LogP contribution < -0.4 is 0 Å². The quantitative estimate of drug-likeness (QED) is 0.683. The van der Waals surface area contributed by atoms with Gasteiger partial charge in [0.25, 0.3) is 0 Å². The van der Waals surface area contributed by atoms with Crippen LogP contribution >= 0.6 is 0 Å². The molecule has 2 aromatic rings. The number of nitrogens with zero attached hydrogens (tertiary/aromatic N) is 1. The average Bonchev–Trinajstić information content (AvgIpc) is 2.56. The first-order valence-corrected chi connectivity index (χ1v) is 5.22. The molecular formula is C13H15NO. The molecule has 0 bridgehead atoms. The third kappa shape index (κ3) is 1.56. The van der Waals surface area contributed by atoms with Crippen LogP contribution in [0.2, 0.25) is 0 Å². The topological polar surface area (TPSA) is 21.5 Å². The Kier molecular flexibility index (Phi) is 2.35. The zero-order valence-electron chi connectivity index (χ0n) is 9.32. The molecule has 0 saturated carbocycles. The van der Waals surface area contributed by atoms with E-state index >= 15 is 0 Å². The third-order valence-corrected chi connectivity index (χ3v) is 2.66. The molecule has 0 aliphatic carbocycles. The van der Waals surface area contributed by atoms with Gasteiger partial charge in [0.2, 0.25) is 0 Å². The Balaban J connectivity index is 2.80. The largest absolute Gasteiger partial charge is 0.314 e. The predicted molar refractivity (Wildman–Crippen MR) is 61.5 cm³/mol. The van der Waals surface area contributed by atoms with E-state index in [4.69, 9.17) is 0 Å². The second-order valence-corrected chi connectivity index (χ2v) is 4.15. The van der Waals surface area contributed by atoms with E-state index in [0.29, 0.717) is 5.92 Å². The van der Waals surface area contributed by atoms with Crippen molar-refractivity contribution in [3.8, 4) is 0 Å². The highest BCUT2D eigenvalue weighted by Crippen LogP contribution is 2.24. The van der Waals surface area contributed by atoms with Gasteiger partial charge in [-0.15, -0.1) is 0 Å². The van der Waals surface area contributed by atoms with Crippen LogP contribution in [-0.2, 0) is 0 Å². The van der Waals surface area contributed by atoms with Crippen LogP contribution in [0.1, 0.15) is 42.7 Å². The van der Waals surface area contributed by atoms with Gasteiger partial charge in [-0.2, -0.15) is 0 Å². The van der Waals surface area contributed by atoms with Crippen LogP contribution in [0.5, 0.6) is 0 Å². The van der Waals surface area contributed by atoms with Crippen LogP contribution in [0.25, 0.3) is 5.52 Å². The Morgan fingerprint density at radius 3 is 2.67 bits per heavy atom. The lowest BCUT2D eigenvalue weighted by molar-refractivity contribution is 0.101. The summed E-state index contributed by atoms with van der Waals surface area (Å²) in [6.45, 7) is 5.85. The standard InChI is InChI=1S/C13H15NO/c1-9(2)12-8-11-6-4-5-7-14(11)13(12)10(3)15/h4-9H,1-3H3. The van der Waals surface area contributed by atoms with E-state index in [-0.39, 0.29) is 5.78 Å². The summed E-state index contributed by atoms with van der Waals surface area (Å²) >= 11 is 0. The van der Waals surface area contributed by atoms with Crippen molar-refractivity contribution < 1.29 is 4.79 Å². The molecular weight excluding hydrogens is 186 g/mol. The van der Waals surface area contributed by atoms with Crippen LogP contribution in [0, 0.1) is 0 Å². The van der Waals surface area contributed by atoms with Gasteiger partial charge in [-0.25, -0.2) is 0 Å². The maximum atomic E-state index is 11.6. The van der Waals surface area contributed by atoms with Crippen molar-refractivity contribution in [3.05, 3.63) is 41.7 Å². The predicted octanol–water partition coefficient (Wildman–Crippen LogP) is 3.27.